The molecule has 0 saturated carbocycles. The Morgan fingerprint density at radius 1 is 1.10 bits per heavy atom. The van der Waals surface area contributed by atoms with Crippen molar-refractivity contribution >= 4 is 11.9 Å². The molecule has 20 heavy (non-hydrogen) atoms. The molecule has 1 N–H and O–H groups in total. The van der Waals surface area contributed by atoms with Gasteiger partial charge in [-0.3, -0.25) is 4.79 Å². The smallest absolute Gasteiger partial charge is 0.203 e. The number of benzene rings is 2. The van der Waals surface area contributed by atoms with Crippen LogP contribution in [0.25, 0.3) is 6.08 Å². The monoisotopic (exact) mass is 263 g/mol. The number of carbonyl (C=O) groups excluding carboxylic acids is 1. The molecule has 0 fully saturated rings. The van der Waals surface area contributed by atoms with E-state index < -0.39 is 0 Å². The van der Waals surface area contributed by atoms with Gasteiger partial charge in [-0.15, -0.1) is 0 Å². The Morgan fingerprint density at radius 2 is 1.75 bits per heavy atom. The number of Topliss-reactive ketones (excluding diaryl/α,β-unsaturated/α-hetero) is 1. The first-order chi connectivity index (χ1) is 9.74. The fourth-order valence-corrected chi connectivity index (χ4v) is 1.78. The number of rotatable bonds is 4. The molecule has 2 aromatic rings. The number of aliphatic hydroxyl groups is 1. The van der Waals surface area contributed by atoms with Crippen LogP contribution < -0.4 is 0 Å². The van der Waals surface area contributed by atoms with Gasteiger partial charge in [0, 0.05) is 5.56 Å². The van der Waals surface area contributed by atoms with Gasteiger partial charge < -0.3 is 5.11 Å². The maximum atomic E-state index is 12.2. The number of ketones is 1. The SMILES string of the molecule is N#CC(=Cc1ccc(CO)cc1)C(=O)c1ccccc1. The average molecular weight is 263 g/mol. The summed E-state index contributed by atoms with van der Waals surface area (Å²) in [6.07, 6.45) is 1.55. The number of carbonyl (C=O) groups is 1. The summed E-state index contributed by atoms with van der Waals surface area (Å²) in [7, 11) is 0. The molecule has 0 aliphatic rings. The Balaban J connectivity index is 2.30. The zero-order chi connectivity index (χ0) is 14.4. The minimum Gasteiger partial charge on any atom is -0.392 e. The lowest BCUT2D eigenvalue weighted by molar-refractivity contribution is 0.104. The summed E-state index contributed by atoms with van der Waals surface area (Å²) in [5, 5.41) is 18.1. The van der Waals surface area contributed by atoms with Crippen molar-refractivity contribution < 1.29 is 9.90 Å². The lowest BCUT2D eigenvalue weighted by Crippen LogP contribution is -2.01. The van der Waals surface area contributed by atoms with E-state index in [-0.39, 0.29) is 18.0 Å². The van der Waals surface area contributed by atoms with Gasteiger partial charge in [-0.05, 0) is 17.2 Å². The lowest BCUT2D eigenvalue weighted by Gasteiger charge is -2.00. The van der Waals surface area contributed by atoms with E-state index in [0.29, 0.717) is 5.56 Å². The van der Waals surface area contributed by atoms with Crippen molar-refractivity contribution in [3.05, 3.63) is 76.9 Å². The molecule has 3 heteroatoms. The normalized spacial score (nSPS) is 10.9. The number of allylic oxidation sites excluding steroid dienone is 1. The molecule has 3 nitrogen and oxygen atoms in total. The Hall–Kier alpha value is -2.70. The molecule has 0 spiro atoms. The van der Waals surface area contributed by atoms with Crippen molar-refractivity contribution in [2.75, 3.05) is 0 Å². The van der Waals surface area contributed by atoms with E-state index in [1.807, 2.05) is 12.1 Å². The highest BCUT2D eigenvalue weighted by atomic mass is 16.3. The first kappa shape index (κ1) is 13.7. The molecule has 0 atom stereocenters. The van der Waals surface area contributed by atoms with Crippen LogP contribution in [-0.4, -0.2) is 10.9 Å². The zero-order valence-corrected chi connectivity index (χ0v) is 10.8. The summed E-state index contributed by atoms with van der Waals surface area (Å²) in [6.45, 7) is -0.0297. The highest BCUT2D eigenvalue weighted by molar-refractivity contribution is 6.13. The quantitative estimate of drug-likeness (QED) is 0.524. The number of nitrogens with zero attached hydrogens (tertiary/aromatic N) is 1. The van der Waals surface area contributed by atoms with E-state index >= 15 is 0 Å². The fraction of sp³-hybridized carbons (Fsp3) is 0.0588. The molecule has 0 heterocycles. The molecule has 0 aliphatic heterocycles. The Kier molecular flexibility index (Phi) is 4.43. The summed E-state index contributed by atoms with van der Waals surface area (Å²) in [5.41, 5.74) is 2.12. The second-order valence-corrected chi connectivity index (χ2v) is 4.26. The minimum atomic E-state index is -0.292. The van der Waals surface area contributed by atoms with Gasteiger partial charge in [-0.1, -0.05) is 54.6 Å². The molecular weight excluding hydrogens is 250 g/mol. The molecule has 0 bridgehead atoms. The van der Waals surface area contributed by atoms with Crippen molar-refractivity contribution in [2.24, 2.45) is 0 Å². The van der Waals surface area contributed by atoms with E-state index in [9.17, 15) is 4.79 Å². The number of aliphatic hydroxyl groups excluding tert-OH is 1. The van der Waals surface area contributed by atoms with E-state index in [1.54, 1.807) is 54.6 Å². The first-order valence-electron chi connectivity index (χ1n) is 6.16. The van der Waals surface area contributed by atoms with Gasteiger partial charge in [-0.25, -0.2) is 0 Å². The molecular formula is C17H13NO2. The van der Waals surface area contributed by atoms with Crippen LogP contribution in [0.5, 0.6) is 0 Å². The largest absolute Gasteiger partial charge is 0.392 e. The topological polar surface area (TPSA) is 61.1 Å². The highest BCUT2D eigenvalue weighted by Crippen LogP contribution is 2.13. The standard InChI is InChI=1S/C17H13NO2/c18-11-16(17(20)15-4-2-1-3-5-15)10-13-6-8-14(12-19)9-7-13/h1-10,19H,12H2. The van der Waals surface area contributed by atoms with Gasteiger partial charge in [-0.2, -0.15) is 5.26 Å². The van der Waals surface area contributed by atoms with Crippen molar-refractivity contribution in [3.8, 4) is 6.07 Å². The Bertz CT molecular complexity index is 664. The fourth-order valence-electron chi connectivity index (χ4n) is 1.78. The summed E-state index contributed by atoms with van der Waals surface area (Å²) < 4.78 is 0. The van der Waals surface area contributed by atoms with Crippen molar-refractivity contribution in [3.63, 3.8) is 0 Å². The molecule has 2 rings (SSSR count). The van der Waals surface area contributed by atoms with Crippen LogP contribution in [-0.2, 0) is 6.61 Å². The predicted molar refractivity (Wildman–Crippen MR) is 76.7 cm³/mol. The molecule has 2 aromatic carbocycles. The Labute approximate surface area is 117 Å². The number of hydrogen-bond donors (Lipinski definition) is 1. The maximum Gasteiger partial charge on any atom is 0.203 e. The predicted octanol–water partition coefficient (Wildman–Crippen LogP) is 2.97. The molecule has 0 amide bonds. The second-order valence-electron chi connectivity index (χ2n) is 4.26. The third-order valence-electron chi connectivity index (χ3n) is 2.87. The van der Waals surface area contributed by atoms with Crippen molar-refractivity contribution in [1.29, 1.82) is 5.26 Å². The molecule has 0 unspecified atom stereocenters. The van der Waals surface area contributed by atoms with Crippen LogP contribution in [0.1, 0.15) is 21.5 Å². The summed E-state index contributed by atoms with van der Waals surface area (Å²) in [4.78, 5) is 12.2. The van der Waals surface area contributed by atoms with Crippen molar-refractivity contribution in [2.45, 2.75) is 6.61 Å². The van der Waals surface area contributed by atoms with E-state index in [0.717, 1.165) is 11.1 Å². The molecule has 98 valence electrons. The minimum absolute atomic E-state index is 0.0297. The first-order valence-corrected chi connectivity index (χ1v) is 6.16. The van der Waals surface area contributed by atoms with Gasteiger partial charge in [0.25, 0.3) is 0 Å². The van der Waals surface area contributed by atoms with E-state index in [1.165, 1.54) is 0 Å². The maximum absolute atomic E-state index is 12.2. The van der Waals surface area contributed by atoms with Crippen LogP contribution in [0.3, 0.4) is 0 Å². The van der Waals surface area contributed by atoms with Gasteiger partial charge in [0.1, 0.15) is 11.6 Å². The van der Waals surface area contributed by atoms with Crippen LogP contribution in [0.4, 0.5) is 0 Å². The molecule has 0 aliphatic carbocycles. The van der Waals surface area contributed by atoms with Gasteiger partial charge in [0.05, 0.1) is 6.61 Å². The third kappa shape index (κ3) is 3.19. The average Bonchev–Trinajstić information content (AvgIpc) is 2.53. The molecule has 0 saturated heterocycles. The summed E-state index contributed by atoms with van der Waals surface area (Å²) >= 11 is 0. The van der Waals surface area contributed by atoms with E-state index in [4.69, 9.17) is 10.4 Å². The van der Waals surface area contributed by atoms with Crippen LogP contribution in [0.2, 0.25) is 0 Å². The summed E-state index contributed by atoms with van der Waals surface area (Å²) in [5.74, 6) is -0.292. The van der Waals surface area contributed by atoms with Gasteiger partial charge in [0.2, 0.25) is 5.78 Å². The van der Waals surface area contributed by atoms with Crippen molar-refractivity contribution in [1.82, 2.24) is 0 Å². The number of hydrogen-bond acceptors (Lipinski definition) is 3. The van der Waals surface area contributed by atoms with Gasteiger partial charge in [0.15, 0.2) is 0 Å². The summed E-state index contributed by atoms with van der Waals surface area (Å²) in [6, 6.07) is 17.7. The number of nitriles is 1. The van der Waals surface area contributed by atoms with Crippen LogP contribution in [0.15, 0.2) is 60.2 Å². The van der Waals surface area contributed by atoms with Crippen LogP contribution >= 0.6 is 0 Å². The van der Waals surface area contributed by atoms with E-state index in [2.05, 4.69) is 0 Å². The second kappa shape index (κ2) is 6.46. The Morgan fingerprint density at radius 3 is 2.30 bits per heavy atom. The van der Waals surface area contributed by atoms with Gasteiger partial charge >= 0.3 is 0 Å². The third-order valence-corrected chi connectivity index (χ3v) is 2.87. The highest BCUT2D eigenvalue weighted by Gasteiger charge is 2.11. The molecule has 0 radical (unpaired) electrons. The zero-order valence-electron chi connectivity index (χ0n) is 10.8. The molecule has 0 aromatic heterocycles. The van der Waals surface area contributed by atoms with Crippen LogP contribution in [0, 0.1) is 11.3 Å². The lowest BCUT2D eigenvalue weighted by atomic mass is 10.0.